The van der Waals surface area contributed by atoms with E-state index in [1.165, 1.54) is 32.1 Å². The van der Waals surface area contributed by atoms with Crippen LogP contribution in [0, 0.1) is 5.92 Å². The van der Waals surface area contributed by atoms with Gasteiger partial charge in [-0.1, -0.05) is 33.1 Å². The first-order valence-corrected chi connectivity index (χ1v) is 8.55. The molecule has 1 aromatic heterocycles. The minimum atomic E-state index is 0.829. The molecule has 0 aliphatic heterocycles. The van der Waals surface area contributed by atoms with Gasteiger partial charge in [0.15, 0.2) is 0 Å². The molecule has 4 nitrogen and oxygen atoms in total. The van der Waals surface area contributed by atoms with Crippen molar-refractivity contribution in [2.45, 2.75) is 58.8 Å². The molecule has 118 valence electrons. The van der Waals surface area contributed by atoms with Crippen LogP contribution >= 0.6 is 0 Å². The number of hydrogen-bond acceptors (Lipinski definition) is 4. The maximum atomic E-state index is 4.70. The molecule has 2 rings (SSSR count). The van der Waals surface area contributed by atoms with E-state index in [1.54, 1.807) is 0 Å². The first-order valence-electron chi connectivity index (χ1n) is 8.55. The minimum Gasteiger partial charge on any atom is -0.370 e. The lowest BCUT2D eigenvalue weighted by atomic mass is 9.89. The number of nitrogens with one attached hydrogen (secondary N) is 1. The van der Waals surface area contributed by atoms with E-state index in [4.69, 9.17) is 4.98 Å². The van der Waals surface area contributed by atoms with Gasteiger partial charge in [-0.15, -0.1) is 0 Å². The van der Waals surface area contributed by atoms with Crippen molar-refractivity contribution in [3.05, 3.63) is 11.9 Å². The average molecular weight is 290 g/mol. The zero-order valence-corrected chi connectivity index (χ0v) is 13.9. The fourth-order valence-electron chi connectivity index (χ4n) is 3.03. The molecule has 0 aromatic carbocycles. The number of rotatable bonds is 7. The van der Waals surface area contributed by atoms with Gasteiger partial charge in [0.2, 0.25) is 0 Å². The van der Waals surface area contributed by atoms with Gasteiger partial charge in [0.05, 0.1) is 0 Å². The van der Waals surface area contributed by atoms with Crippen molar-refractivity contribution in [3.63, 3.8) is 0 Å². The predicted molar refractivity (Wildman–Crippen MR) is 90.0 cm³/mol. The molecule has 1 aliphatic rings. The van der Waals surface area contributed by atoms with Gasteiger partial charge in [0.25, 0.3) is 0 Å². The summed E-state index contributed by atoms with van der Waals surface area (Å²) in [6, 6.07) is 2.09. The summed E-state index contributed by atoms with van der Waals surface area (Å²) in [4.78, 5) is 11.6. The molecule has 1 fully saturated rings. The van der Waals surface area contributed by atoms with Gasteiger partial charge < -0.3 is 10.2 Å². The highest BCUT2D eigenvalue weighted by atomic mass is 15.2. The molecule has 0 saturated heterocycles. The van der Waals surface area contributed by atoms with E-state index in [1.807, 2.05) is 0 Å². The number of nitrogens with zero attached hydrogens (tertiary/aromatic N) is 3. The summed E-state index contributed by atoms with van der Waals surface area (Å²) in [5, 5.41) is 3.39. The smallest absolute Gasteiger partial charge is 0.134 e. The highest BCUT2D eigenvalue weighted by Crippen LogP contribution is 2.26. The fraction of sp³-hybridized carbons (Fsp3) is 0.765. The first kappa shape index (κ1) is 16.1. The molecule has 21 heavy (non-hydrogen) atoms. The Hall–Kier alpha value is -1.32. The molecule has 1 aliphatic carbocycles. The topological polar surface area (TPSA) is 41.0 Å². The quantitative estimate of drug-likeness (QED) is 0.827. The Balaban J connectivity index is 2.05. The number of anilines is 2. The van der Waals surface area contributed by atoms with Gasteiger partial charge in [-0.2, -0.15) is 0 Å². The van der Waals surface area contributed by atoms with Crippen molar-refractivity contribution < 1.29 is 0 Å². The van der Waals surface area contributed by atoms with Crippen LogP contribution < -0.4 is 10.2 Å². The molecule has 0 bridgehead atoms. The summed E-state index contributed by atoms with van der Waals surface area (Å²) in [7, 11) is 2.17. The average Bonchev–Trinajstić information content (AvgIpc) is 2.53. The Labute approximate surface area is 129 Å². The first-order chi connectivity index (χ1) is 10.2. The second-order valence-corrected chi connectivity index (χ2v) is 6.19. The van der Waals surface area contributed by atoms with Crippen LogP contribution in [-0.4, -0.2) is 30.1 Å². The second-order valence-electron chi connectivity index (χ2n) is 6.19. The summed E-state index contributed by atoms with van der Waals surface area (Å²) >= 11 is 0. The van der Waals surface area contributed by atoms with Gasteiger partial charge in [-0.25, -0.2) is 9.97 Å². The summed E-state index contributed by atoms with van der Waals surface area (Å²) in [5.74, 6) is 3.79. The van der Waals surface area contributed by atoms with E-state index in [0.29, 0.717) is 0 Å². The molecular weight excluding hydrogens is 260 g/mol. The zero-order valence-electron chi connectivity index (χ0n) is 13.9. The van der Waals surface area contributed by atoms with E-state index < -0.39 is 0 Å². The highest BCUT2D eigenvalue weighted by molar-refractivity contribution is 5.49. The van der Waals surface area contributed by atoms with Crippen LogP contribution in [0.3, 0.4) is 0 Å². The molecule has 0 amide bonds. The van der Waals surface area contributed by atoms with Crippen LogP contribution in [0.5, 0.6) is 0 Å². The molecule has 1 heterocycles. The van der Waals surface area contributed by atoms with Crippen LogP contribution in [0.15, 0.2) is 6.07 Å². The molecule has 0 atom stereocenters. The molecular formula is C17H30N4. The van der Waals surface area contributed by atoms with Gasteiger partial charge >= 0.3 is 0 Å². The Morgan fingerprint density at radius 1 is 1.19 bits per heavy atom. The highest BCUT2D eigenvalue weighted by Gasteiger charge is 2.17. The van der Waals surface area contributed by atoms with E-state index >= 15 is 0 Å². The Morgan fingerprint density at radius 3 is 2.62 bits per heavy atom. The monoisotopic (exact) mass is 290 g/mol. The molecule has 1 N–H and O–H groups in total. The predicted octanol–water partition coefficient (Wildman–Crippen LogP) is 3.88. The van der Waals surface area contributed by atoms with Gasteiger partial charge in [0.1, 0.15) is 17.5 Å². The van der Waals surface area contributed by atoms with Crippen molar-refractivity contribution >= 4 is 11.6 Å². The van der Waals surface area contributed by atoms with Crippen molar-refractivity contribution in [3.8, 4) is 0 Å². The Kier molecular flexibility index (Phi) is 6.27. The maximum absolute atomic E-state index is 4.70. The summed E-state index contributed by atoms with van der Waals surface area (Å²) in [6.07, 6.45) is 8.94. The van der Waals surface area contributed by atoms with E-state index in [0.717, 1.165) is 49.3 Å². The molecule has 0 spiro atoms. The molecule has 0 radical (unpaired) electrons. The molecule has 4 heteroatoms. The van der Waals surface area contributed by atoms with Crippen LogP contribution in [0.1, 0.15) is 58.2 Å². The van der Waals surface area contributed by atoms with Crippen molar-refractivity contribution in [2.75, 3.05) is 30.4 Å². The SMILES string of the molecule is CCCNc1cc(N(C)CC2CCCCC2)nc(CC)n1. The fourth-order valence-corrected chi connectivity index (χ4v) is 3.03. The number of hydrogen-bond donors (Lipinski definition) is 1. The van der Waals surface area contributed by atoms with Crippen LogP contribution in [0.4, 0.5) is 11.6 Å². The summed E-state index contributed by atoms with van der Waals surface area (Å²) in [6.45, 7) is 6.37. The Bertz CT molecular complexity index is 427. The van der Waals surface area contributed by atoms with E-state index in [9.17, 15) is 0 Å². The van der Waals surface area contributed by atoms with Crippen LogP contribution in [-0.2, 0) is 6.42 Å². The summed E-state index contributed by atoms with van der Waals surface area (Å²) in [5.41, 5.74) is 0. The minimum absolute atomic E-state index is 0.829. The van der Waals surface area contributed by atoms with Crippen molar-refractivity contribution in [2.24, 2.45) is 5.92 Å². The molecule has 1 saturated carbocycles. The lowest BCUT2D eigenvalue weighted by Gasteiger charge is -2.28. The van der Waals surface area contributed by atoms with E-state index in [-0.39, 0.29) is 0 Å². The van der Waals surface area contributed by atoms with Gasteiger partial charge in [-0.05, 0) is 25.2 Å². The third kappa shape index (κ3) is 4.87. The van der Waals surface area contributed by atoms with Crippen molar-refractivity contribution in [1.29, 1.82) is 0 Å². The van der Waals surface area contributed by atoms with E-state index in [2.05, 4.69) is 42.2 Å². The maximum Gasteiger partial charge on any atom is 0.134 e. The van der Waals surface area contributed by atoms with Gasteiger partial charge in [-0.3, -0.25) is 0 Å². The molecule has 0 unspecified atom stereocenters. The zero-order chi connectivity index (χ0) is 15.1. The van der Waals surface area contributed by atoms with Crippen LogP contribution in [0.2, 0.25) is 0 Å². The van der Waals surface area contributed by atoms with Gasteiger partial charge in [0, 0.05) is 32.6 Å². The third-order valence-corrected chi connectivity index (χ3v) is 4.28. The second kappa shape index (κ2) is 8.20. The standard InChI is InChI=1S/C17H30N4/c1-4-11-18-16-12-17(20-15(5-2)19-16)21(3)13-14-9-7-6-8-10-14/h12,14H,4-11,13H2,1-3H3,(H,18,19,20). The third-order valence-electron chi connectivity index (χ3n) is 4.28. The largest absolute Gasteiger partial charge is 0.370 e. The van der Waals surface area contributed by atoms with Crippen molar-refractivity contribution in [1.82, 2.24) is 9.97 Å². The number of aromatic nitrogens is 2. The van der Waals surface area contributed by atoms with Crippen LogP contribution in [0.25, 0.3) is 0 Å². The summed E-state index contributed by atoms with van der Waals surface area (Å²) < 4.78 is 0. The Morgan fingerprint density at radius 2 is 1.95 bits per heavy atom. The normalized spacial score (nSPS) is 16.0. The molecule has 1 aromatic rings. The number of aryl methyl sites for hydroxylation is 1. The lowest BCUT2D eigenvalue weighted by molar-refractivity contribution is 0.361. The lowest BCUT2D eigenvalue weighted by Crippen LogP contribution is -2.28.